The molecule has 1 amide bonds. The summed E-state index contributed by atoms with van der Waals surface area (Å²) in [7, 11) is 0. The second-order valence-electron chi connectivity index (χ2n) is 8.71. The molecule has 7 nitrogen and oxygen atoms in total. The largest absolute Gasteiger partial charge is 0.347 e. The summed E-state index contributed by atoms with van der Waals surface area (Å²) in [6.45, 7) is 7.00. The Kier molecular flexibility index (Phi) is 5.65. The number of rotatable bonds is 4. The number of hydrogen-bond acceptors (Lipinski definition) is 5. The van der Waals surface area contributed by atoms with E-state index in [2.05, 4.69) is 53.5 Å². The van der Waals surface area contributed by atoms with E-state index in [0.717, 1.165) is 43.6 Å². The fourth-order valence-electron chi connectivity index (χ4n) is 4.62. The van der Waals surface area contributed by atoms with E-state index in [9.17, 15) is 4.79 Å². The van der Waals surface area contributed by atoms with Crippen molar-refractivity contribution in [3.8, 4) is 5.69 Å². The third kappa shape index (κ3) is 4.44. The lowest BCUT2D eigenvalue weighted by Crippen LogP contribution is -2.50. The van der Waals surface area contributed by atoms with Crippen molar-refractivity contribution < 1.29 is 14.3 Å². The molecule has 1 aromatic heterocycles. The molecule has 2 aromatic rings. The van der Waals surface area contributed by atoms with Gasteiger partial charge in [0.25, 0.3) is 0 Å². The summed E-state index contributed by atoms with van der Waals surface area (Å²) in [5.41, 5.74) is 4.77. The van der Waals surface area contributed by atoms with E-state index in [1.54, 1.807) is 0 Å². The van der Waals surface area contributed by atoms with Crippen molar-refractivity contribution in [2.45, 2.75) is 32.0 Å². The Morgan fingerprint density at radius 2 is 1.84 bits per heavy atom. The lowest BCUT2D eigenvalue weighted by molar-refractivity contribution is -0.187. The average molecular weight is 423 g/mol. The molecule has 2 fully saturated rings. The Bertz CT molecular complexity index is 949. The molecule has 5 rings (SSSR count). The van der Waals surface area contributed by atoms with E-state index in [1.165, 1.54) is 11.1 Å². The highest BCUT2D eigenvalue weighted by molar-refractivity contribution is 5.78. The lowest BCUT2D eigenvalue weighted by atomic mass is 10.0. The topological polar surface area (TPSA) is 59.8 Å². The van der Waals surface area contributed by atoms with Crippen LogP contribution in [0.25, 0.3) is 11.3 Å². The van der Waals surface area contributed by atoms with Crippen LogP contribution < -0.4 is 0 Å². The number of carbonyl (C=O) groups excluding carboxylic acids is 1. The van der Waals surface area contributed by atoms with Crippen LogP contribution in [0.1, 0.15) is 30.4 Å². The monoisotopic (exact) mass is 422 g/mol. The second kappa shape index (κ2) is 8.57. The number of aromatic nitrogens is 2. The quantitative estimate of drug-likeness (QED) is 0.758. The molecule has 0 aliphatic carbocycles. The van der Waals surface area contributed by atoms with Gasteiger partial charge in [-0.2, -0.15) is 5.10 Å². The maximum Gasteiger partial charge on any atom is 0.236 e. The number of amides is 1. The fraction of sp³-hybridized carbons (Fsp3) is 0.500. The Hall–Kier alpha value is -2.48. The first kappa shape index (κ1) is 20.4. The first-order chi connectivity index (χ1) is 15.1. The van der Waals surface area contributed by atoms with Crippen molar-refractivity contribution in [1.29, 1.82) is 0 Å². The molecule has 0 saturated carbocycles. The van der Waals surface area contributed by atoms with Crippen molar-refractivity contribution in [2.75, 3.05) is 45.9 Å². The Balaban J connectivity index is 1.14. The standard InChI is InChI=1S/C24H30N4O3/c1-19-2-4-22(5-3-19)28-17-21(16-25-28)20-6-10-26(11-7-20)18-23(29)27-12-8-24(9-13-27)30-14-15-31-24/h2-6,16-17H,7-15,18H2,1H3. The fourth-order valence-corrected chi connectivity index (χ4v) is 4.62. The number of nitrogens with zero attached hydrogens (tertiary/aromatic N) is 4. The number of likely N-dealkylation sites (tertiary alicyclic amines) is 1. The molecular formula is C24H30N4O3. The van der Waals surface area contributed by atoms with Crippen LogP contribution in [0.4, 0.5) is 0 Å². The molecule has 0 unspecified atom stereocenters. The van der Waals surface area contributed by atoms with Crippen molar-refractivity contribution in [1.82, 2.24) is 19.6 Å². The first-order valence-electron chi connectivity index (χ1n) is 11.2. The van der Waals surface area contributed by atoms with Crippen LogP contribution in [-0.4, -0.2) is 77.2 Å². The Morgan fingerprint density at radius 3 is 2.52 bits per heavy atom. The third-order valence-electron chi connectivity index (χ3n) is 6.60. The van der Waals surface area contributed by atoms with Gasteiger partial charge in [0.2, 0.25) is 5.91 Å². The van der Waals surface area contributed by atoms with E-state index < -0.39 is 5.79 Å². The highest BCUT2D eigenvalue weighted by Gasteiger charge is 2.40. The van der Waals surface area contributed by atoms with Crippen molar-refractivity contribution in [3.05, 3.63) is 53.9 Å². The van der Waals surface area contributed by atoms with Crippen molar-refractivity contribution >= 4 is 11.5 Å². The summed E-state index contributed by atoms with van der Waals surface area (Å²) in [4.78, 5) is 17.0. The molecule has 3 aliphatic heterocycles. The average Bonchev–Trinajstić information content (AvgIpc) is 3.46. The summed E-state index contributed by atoms with van der Waals surface area (Å²) >= 11 is 0. The Labute approximate surface area is 183 Å². The minimum Gasteiger partial charge on any atom is -0.347 e. The van der Waals surface area contributed by atoms with Crippen molar-refractivity contribution in [3.63, 3.8) is 0 Å². The van der Waals surface area contributed by atoms with Gasteiger partial charge in [0.1, 0.15) is 0 Å². The van der Waals surface area contributed by atoms with Crippen LogP contribution in [-0.2, 0) is 14.3 Å². The summed E-state index contributed by atoms with van der Waals surface area (Å²) in [5, 5.41) is 4.53. The van der Waals surface area contributed by atoms with E-state index in [1.807, 2.05) is 15.8 Å². The number of piperidine rings is 1. The van der Waals surface area contributed by atoms with Crippen LogP contribution in [0.2, 0.25) is 0 Å². The number of hydrogen-bond donors (Lipinski definition) is 0. The maximum absolute atomic E-state index is 12.8. The van der Waals surface area contributed by atoms with Gasteiger partial charge < -0.3 is 14.4 Å². The zero-order valence-electron chi connectivity index (χ0n) is 18.1. The van der Waals surface area contributed by atoms with E-state index in [-0.39, 0.29) is 5.91 Å². The smallest absolute Gasteiger partial charge is 0.236 e. The van der Waals surface area contributed by atoms with Gasteiger partial charge in [0.05, 0.1) is 31.6 Å². The molecule has 164 valence electrons. The highest BCUT2D eigenvalue weighted by Crippen LogP contribution is 2.31. The molecule has 0 N–H and O–H groups in total. The first-order valence-corrected chi connectivity index (χ1v) is 11.2. The van der Waals surface area contributed by atoms with Crippen LogP contribution >= 0.6 is 0 Å². The zero-order chi connectivity index (χ0) is 21.3. The molecule has 7 heteroatoms. The molecule has 2 saturated heterocycles. The van der Waals surface area contributed by atoms with Crippen LogP contribution in [0.3, 0.4) is 0 Å². The van der Waals surface area contributed by atoms with Gasteiger partial charge in [-0.05, 0) is 31.1 Å². The van der Waals surface area contributed by atoms with Crippen LogP contribution in [0.5, 0.6) is 0 Å². The van der Waals surface area contributed by atoms with Gasteiger partial charge in [-0.25, -0.2) is 4.68 Å². The molecular weight excluding hydrogens is 392 g/mol. The van der Waals surface area contributed by atoms with Crippen LogP contribution in [0.15, 0.2) is 42.7 Å². The maximum atomic E-state index is 12.8. The number of aryl methyl sites for hydroxylation is 1. The van der Waals surface area contributed by atoms with Crippen LogP contribution in [0, 0.1) is 6.92 Å². The predicted octanol–water partition coefficient (Wildman–Crippen LogP) is 2.64. The molecule has 1 aromatic carbocycles. The van der Waals surface area contributed by atoms with Gasteiger partial charge in [0, 0.05) is 50.8 Å². The number of carbonyl (C=O) groups is 1. The zero-order valence-corrected chi connectivity index (χ0v) is 18.1. The number of benzene rings is 1. The molecule has 3 aliphatic rings. The summed E-state index contributed by atoms with van der Waals surface area (Å²) in [6.07, 6.45) is 8.73. The third-order valence-corrected chi connectivity index (χ3v) is 6.60. The Morgan fingerprint density at radius 1 is 1.10 bits per heavy atom. The minimum absolute atomic E-state index is 0.205. The predicted molar refractivity (Wildman–Crippen MR) is 118 cm³/mol. The van der Waals surface area contributed by atoms with E-state index in [0.29, 0.717) is 32.8 Å². The van der Waals surface area contributed by atoms with Gasteiger partial charge in [-0.3, -0.25) is 9.69 Å². The van der Waals surface area contributed by atoms with Gasteiger partial charge in [-0.1, -0.05) is 23.8 Å². The molecule has 0 radical (unpaired) electrons. The molecule has 0 bridgehead atoms. The van der Waals surface area contributed by atoms with Gasteiger partial charge in [0.15, 0.2) is 5.79 Å². The summed E-state index contributed by atoms with van der Waals surface area (Å²) in [5.74, 6) is -0.223. The van der Waals surface area contributed by atoms with Crippen molar-refractivity contribution in [2.24, 2.45) is 0 Å². The summed E-state index contributed by atoms with van der Waals surface area (Å²) in [6, 6.07) is 8.37. The van der Waals surface area contributed by atoms with Gasteiger partial charge in [-0.15, -0.1) is 0 Å². The van der Waals surface area contributed by atoms with E-state index in [4.69, 9.17) is 9.47 Å². The summed E-state index contributed by atoms with van der Waals surface area (Å²) < 4.78 is 13.4. The molecule has 31 heavy (non-hydrogen) atoms. The SMILES string of the molecule is Cc1ccc(-n2cc(C3=CCN(CC(=O)N4CCC5(CC4)OCCO5)CC3)cn2)cc1. The molecule has 1 spiro atoms. The van der Waals surface area contributed by atoms with Gasteiger partial charge >= 0.3 is 0 Å². The second-order valence-corrected chi connectivity index (χ2v) is 8.71. The van der Waals surface area contributed by atoms with E-state index >= 15 is 0 Å². The molecule has 4 heterocycles. The highest BCUT2D eigenvalue weighted by atomic mass is 16.7. The number of ether oxygens (including phenoxy) is 2. The molecule has 0 atom stereocenters. The normalized spacial score (nSPS) is 21.5. The minimum atomic E-state index is -0.428. The lowest BCUT2D eigenvalue weighted by Gasteiger charge is -2.38.